The number of benzene rings is 1. The Morgan fingerprint density at radius 1 is 1.25 bits per heavy atom. The van der Waals surface area contributed by atoms with Crippen molar-refractivity contribution < 1.29 is 9.13 Å². The summed E-state index contributed by atoms with van der Waals surface area (Å²) >= 11 is 1.91. The van der Waals surface area contributed by atoms with Gasteiger partial charge in [-0.05, 0) is 43.2 Å². The highest BCUT2D eigenvalue weighted by atomic mass is 127. The number of guanidine groups is 1. The Morgan fingerprint density at radius 3 is 2.50 bits per heavy atom. The molecule has 1 aliphatic rings. The van der Waals surface area contributed by atoms with Crippen molar-refractivity contribution in [2.24, 2.45) is 4.99 Å². The summed E-state index contributed by atoms with van der Waals surface area (Å²) in [4.78, 5) is 4.28. The average Bonchev–Trinajstić information content (AvgIpc) is 2.60. The number of rotatable bonds is 6. The van der Waals surface area contributed by atoms with Gasteiger partial charge in [0.1, 0.15) is 5.82 Å². The first kappa shape index (κ1) is 21.5. The van der Waals surface area contributed by atoms with Crippen LogP contribution in [0.1, 0.15) is 18.4 Å². The first-order valence-corrected chi connectivity index (χ1v) is 9.22. The van der Waals surface area contributed by atoms with E-state index in [1.54, 1.807) is 7.05 Å². The van der Waals surface area contributed by atoms with E-state index >= 15 is 0 Å². The van der Waals surface area contributed by atoms with E-state index < -0.39 is 0 Å². The predicted molar refractivity (Wildman–Crippen MR) is 111 cm³/mol. The Bertz CT molecular complexity index is 507. The van der Waals surface area contributed by atoms with Crippen LogP contribution in [0.4, 0.5) is 4.39 Å². The van der Waals surface area contributed by atoms with Gasteiger partial charge in [-0.1, -0.05) is 12.1 Å². The monoisotopic (exact) mass is 467 g/mol. The molecule has 0 saturated carbocycles. The zero-order valence-corrected chi connectivity index (χ0v) is 17.5. The van der Waals surface area contributed by atoms with E-state index in [4.69, 9.17) is 4.74 Å². The number of hydrogen-bond donors (Lipinski definition) is 2. The third kappa shape index (κ3) is 6.76. The van der Waals surface area contributed by atoms with E-state index in [0.29, 0.717) is 0 Å². The third-order valence-corrected chi connectivity index (χ3v) is 5.68. The number of nitrogens with one attached hydrogen (secondary N) is 2. The molecule has 0 aromatic heterocycles. The third-order valence-electron chi connectivity index (χ3n) is 4.26. The predicted octanol–water partition coefficient (Wildman–Crippen LogP) is 3.06. The largest absolute Gasteiger partial charge is 0.381 e. The van der Waals surface area contributed by atoms with Gasteiger partial charge in [0.25, 0.3) is 0 Å². The Labute approximate surface area is 165 Å². The number of halogens is 2. The van der Waals surface area contributed by atoms with Gasteiger partial charge in [-0.2, -0.15) is 11.8 Å². The number of nitrogens with zero attached hydrogens (tertiary/aromatic N) is 1. The molecule has 136 valence electrons. The quantitative estimate of drug-likeness (QED) is 0.384. The molecule has 0 aliphatic carbocycles. The molecule has 1 heterocycles. The summed E-state index contributed by atoms with van der Waals surface area (Å²) in [6.45, 7) is 3.31. The molecular formula is C17H27FIN3OS. The second-order valence-corrected chi connectivity index (χ2v) is 7.00. The van der Waals surface area contributed by atoms with Gasteiger partial charge in [-0.25, -0.2) is 4.39 Å². The zero-order chi connectivity index (χ0) is 16.5. The molecule has 0 radical (unpaired) electrons. The van der Waals surface area contributed by atoms with Crippen LogP contribution in [-0.4, -0.2) is 50.3 Å². The molecule has 7 heteroatoms. The molecular weight excluding hydrogens is 440 g/mol. The highest BCUT2D eigenvalue weighted by Gasteiger charge is 2.31. The topological polar surface area (TPSA) is 45.7 Å². The summed E-state index contributed by atoms with van der Waals surface area (Å²) in [7, 11) is 1.78. The molecule has 0 unspecified atom stereocenters. The Kier molecular flexibility index (Phi) is 9.99. The summed E-state index contributed by atoms with van der Waals surface area (Å²) in [6, 6.07) is 6.63. The van der Waals surface area contributed by atoms with Gasteiger partial charge >= 0.3 is 0 Å². The maximum atomic E-state index is 12.9. The van der Waals surface area contributed by atoms with Gasteiger partial charge in [-0.15, -0.1) is 24.0 Å². The molecule has 1 aromatic carbocycles. The standard InChI is InChI=1S/C17H26FN3OS.HI/c1-19-16(20-10-7-14-3-5-15(18)6-4-14)21-13-17(23-2)8-11-22-12-9-17;/h3-6H,7-13H2,1-2H3,(H2,19,20,21);1H. The van der Waals surface area contributed by atoms with E-state index in [9.17, 15) is 4.39 Å². The summed E-state index contributed by atoms with van der Waals surface area (Å²) in [5.41, 5.74) is 1.11. The molecule has 4 nitrogen and oxygen atoms in total. The molecule has 2 rings (SSSR count). The summed E-state index contributed by atoms with van der Waals surface area (Å²) in [6.07, 6.45) is 5.13. The van der Waals surface area contributed by atoms with Crippen LogP contribution in [0.2, 0.25) is 0 Å². The zero-order valence-electron chi connectivity index (χ0n) is 14.3. The SMILES string of the molecule is CN=C(NCCc1ccc(F)cc1)NCC1(SC)CCOCC1.I. The average molecular weight is 467 g/mol. The lowest BCUT2D eigenvalue weighted by Crippen LogP contribution is -2.48. The Morgan fingerprint density at radius 2 is 1.92 bits per heavy atom. The van der Waals surface area contributed by atoms with Crippen LogP contribution in [0.3, 0.4) is 0 Å². The maximum absolute atomic E-state index is 12.9. The number of ether oxygens (including phenoxy) is 1. The van der Waals surface area contributed by atoms with Crippen LogP contribution >= 0.6 is 35.7 Å². The fraction of sp³-hybridized carbons (Fsp3) is 0.588. The highest BCUT2D eigenvalue weighted by Crippen LogP contribution is 2.32. The van der Waals surface area contributed by atoms with Crippen molar-refractivity contribution in [3.8, 4) is 0 Å². The number of aliphatic imine (C=N–C) groups is 1. The normalized spacial score (nSPS) is 17.0. The second kappa shape index (κ2) is 11.1. The Hall–Kier alpha value is -0.540. The molecule has 2 N–H and O–H groups in total. The molecule has 1 aliphatic heterocycles. The fourth-order valence-electron chi connectivity index (χ4n) is 2.64. The van der Waals surface area contributed by atoms with Gasteiger partial charge in [0.2, 0.25) is 0 Å². The maximum Gasteiger partial charge on any atom is 0.191 e. The first-order valence-electron chi connectivity index (χ1n) is 7.99. The summed E-state index contributed by atoms with van der Waals surface area (Å²) < 4.78 is 18.6. The smallest absolute Gasteiger partial charge is 0.191 e. The van der Waals surface area contributed by atoms with Crippen molar-refractivity contribution in [1.82, 2.24) is 10.6 Å². The van der Waals surface area contributed by atoms with E-state index in [2.05, 4.69) is 21.9 Å². The van der Waals surface area contributed by atoms with Crippen LogP contribution in [0.5, 0.6) is 0 Å². The van der Waals surface area contributed by atoms with E-state index in [1.165, 1.54) is 12.1 Å². The minimum absolute atomic E-state index is 0. The molecule has 1 saturated heterocycles. The van der Waals surface area contributed by atoms with Gasteiger partial charge in [0, 0.05) is 38.1 Å². The molecule has 0 bridgehead atoms. The summed E-state index contributed by atoms with van der Waals surface area (Å²) in [5.74, 6) is 0.616. The first-order chi connectivity index (χ1) is 11.2. The van der Waals surface area contributed by atoms with Crippen LogP contribution in [0.15, 0.2) is 29.3 Å². The van der Waals surface area contributed by atoms with E-state index in [1.807, 2.05) is 23.9 Å². The van der Waals surface area contributed by atoms with Gasteiger partial charge < -0.3 is 15.4 Å². The lowest BCUT2D eigenvalue weighted by Gasteiger charge is -2.36. The molecule has 0 spiro atoms. The lowest BCUT2D eigenvalue weighted by molar-refractivity contribution is 0.0783. The van der Waals surface area contributed by atoms with Crippen LogP contribution in [0, 0.1) is 5.82 Å². The summed E-state index contributed by atoms with van der Waals surface area (Å²) in [5, 5.41) is 6.75. The van der Waals surface area contributed by atoms with E-state index in [0.717, 1.165) is 57.1 Å². The van der Waals surface area contributed by atoms with Crippen LogP contribution in [-0.2, 0) is 11.2 Å². The molecule has 0 atom stereocenters. The van der Waals surface area contributed by atoms with Crippen LogP contribution in [0.25, 0.3) is 0 Å². The second-order valence-electron chi connectivity index (χ2n) is 5.73. The van der Waals surface area contributed by atoms with E-state index in [-0.39, 0.29) is 34.5 Å². The van der Waals surface area contributed by atoms with Crippen molar-refractivity contribution in [3.63, 3.8) is 0 Å². The number of thioether (sulfide) groups is 1. The van der Waals surface area contributed by atoms with Crippen molar-refractivity contribution in [1.29, 1.82) is 0 Å². The van der Waals surface area contributed by atoms with Crippen molar-refractivity contribution in [3.05, 3.63) is 35.6 Å². The highest BCUT2D eigenvalue weighted by molar-refractivity contribution is 14.0. The van der Waals surface area contributed by atoms with Crippen LogP contribution < -0.4 is 10.6 Å². The molecule has 24 heavy (non-hydrogen) atoms. The number of hydrogen-bond acceptors (Lipinski definition) is 3. The molecule has 0 amide bonds. The van der Waals surface area contributed by atoms with Gasteiger partial charge in [0.15, 0.2) is 5.96 Å². The van der Waals surface area contributed by atoms with Gasteiger partial charge in [-0.3, -0.25) is 4.99 Å². The Balaban J connectivity index is 0.00000288. The molecule has 1 fully saturated rings. The van der Waals surface area contributed by atoms with Crippen molar-refractivity contribution in [2.75, 3.05) is 39.6 Å². The lowest BCUT2D eigenvalue weighted by atomic mass is 9.99. The van der Waals surface area contributed by atoms with Gasteiger partial charge in [0.05, 0.1) is 0 Å². The van der Waals surface area contributed by atoms with Crippen molar-refractivity contribution >= 4 is 41.7 Å². The minimum atomic E-state index is -0.196. The molecule has 1 aromatic rings. The minimum Gasteiger partial charge on any atom is -0.381 e. The fourth-order valence-corrected chi connectivity index (χ4v) is 3.43. The van der Waals surface area contributed by atoms with Crippen molar-refractivity contribution in [2.45, 2.75) is 24.0 Å².